The summed E-state index contributed by atoms with van der Waals surface area (Å²) in [6, 6.07) is 20.6. The van der Waals surface area contributed by atoms with Crippen LogP contribution in [0, 0.1) is 5.92 Å². The minimum atomic E-state index is 0. The molecule has 0 aliphatic carbocycles. The van der Waals surface area contributed by atoms with Crippen molar-refractivity contribution < 1.29 is 0 Å². The number of fused-ring (bicyclic) bond motifs is 3. The molecule has 3 aliphatic heterocycles. The van der Waals surface area contributed by atoms with Crippen molar-refractivity contribution in [3.05, 3.63) is 60.2 Å². The zero-order chi connectivity index (χ0) is 14.1. The van der Waals surface area contributed by atoms with E-state index in [9.17, 15) is 0 Å². The van der Waals surface area contributed by atoms with Gasteiger partial charge >= 0.3 is 0 Å². The van der Waals surface area contributed by atoms with Gasteiger partial charge in [-0.1, -0.05) is 54.6 Å². The van der Waals surface area contributed by atoms with Gasteiger partial charge in [-0.2, -0.15) is 0 Å². The monoisotopic (exact) mass is 313 g/mol. The molecule has 0 N–H and O–H groups in total. The topological polar surface area (TPSA) is 3.24 Å². The van der Waals surface area contributed by atoms with E-state index < -0.39 is 0 Å². The molecule has 5 rings (SSSR count). The number of benzene rings is 2. The number of hydrogen-bond donors (Lipinski definition) is 0. The van der Waals surface area contributed by atoms with Crippen molar-refractivity contribution in [3.63, 3.8) is 0 Å². The second-order valence-electron chi connectivity index (χ2n) is 6.64. The van der Waals surface area contributed by atoms with Crippen LogP contribution in [-0.4, -0.2) is 24.0 Å². The first-order valence-electron chi connectivity index (χ1n) is 8.27. The second kappa shape index (κ2) is 6.85. The second-order valence-corrected chi connectivity index (χ2v) is 6.64. The molecule has 2 bridgehead atoms. The minimum Gasteiger partial charge on any atom is -0.300 e. The van der Waals surface area contributed by atoms with Crippen LogP contribution in [0.3, 0.4) is 0 Å². The molecular weight excluding hydrogens is 290 g/mol. The fraction of sp³-hybridized carbons (Fsp3) is 0.400. The molecule has 3 fully saturated rings. The summed E-state index contributed by atoms with van der Waals surface area (Å²) in [6.07, 6.45) is 5.51. The number of halogens is 1. The third-order valence-corrected chi connectivity index (χ3v) is 5.30. The largest absolute Gasteiger partial charge is 0.300 e. The number of rotatable bonds is 3. The van der Waals surface area contributed by atoms with Gasteiger partial charge in [-0.3, -0.25) is 0 Å². The molecule has 3 aliphatic rings. The summed E-state index contributed by atoms with van der Waals surface area (Å²) in [7, 11) is 0. The van der Waals surface area contributed by atoms with Crippen molar-refractivity contribution in [2.45, 2.75) is 31.7 Å². The summed E-state index contributed by atoms with van der Waals surface area (Å²) in [6.45, 7) is 2.66. The Labute approximate surface area is 139 Å². The highest BCUT2D eigenvalue weighted by Crippen LogP contribution is 2.33. The van der Waals surface area contributed by atoms with Crippen molar-refractivity contribution in [1.82, 2.24) is 4.90 Å². The van der Waals surface area contributed by atoms with E-state index in [1.807, 2.05) is 0 Å². The van der Waals surface area contributed by atoms with Crippen LogP contribution in [0.15, 0.2) is 54.6 Å². The summed E-state index contributed by atoms with van der Waals surface area (Å²) >= 11 is 0. The highest BCUT2D eigenvalue weighted by molar-refractivity contribution is 5.85. The Morgan fingerprint density at radius 3 is 2.05 bits per heavy atom. The fourth-order valence-electron chi connectivity index (χ4n) is 4.04. The van der Waals surface area contributed by atoms with Crippen LogP contribution in [0.2, 0.25) is 0 Å². The number of hydrogen-bond acceptors (Lipinski definition) is 1. The molecule has 0 amide bonds. The molecular formula is C20H24ClN. The third kappa shape index (κ3) is 3.21. The maximum Gasteiger partial charge on any atom is 0.0138 e. The Morgan fingerprint density at radius 2 is 1.45 bits per heavy atom. The van der Waals surface area contributed by atoms with Crippen LogP contribution in [0.1, 0.15) is 24.8 Å². The molecule has 116 valence electrons. The van der Waals surface area contributed by atoms with Crippen LogP contribution in [0.5, 0.6) is 0 Å². The van der Waals surface area contributed by atoms with Gasteiger partial charge in [0.05, 0.1) is 0 Å². The van der Waals surface area contributed by atoms with E-state index in [-0.39, 0.29) is 12.4 Å². The lowest BCUT2D eigenvalue weighted by Crippen LogP contribution is -2.49. The summed E-state index contributed by atoms with van der Waals surface area (Å²) < 4.78 is 0. The Morgan fingerprint density at radius 1 is 0.818 bits per heavy atom. The molecule has 0 spiro atoms. The SMILES string of the molecule is Cl.c1ccc(-c2ccc(CC3CC4CCN3CC4)cc2)cc1. The first-order chi connectivity index (χ1) is 10.4. The van der Waals surface area contributed by atoms with Crippen molar-refractivity contribution >= 4 is 12.4 Å². The van der Waals surface area contributed by atoms with E-state index in [0.29, 0.717) is 0 Å². The molecule has 1 atom stereocenters. The Kier molecular flexibility index (Phi) is 4.85. The minimum absolute atomic E-state index is 0. The predicted octanol–water partition coefficient (Wildman–Crippen LogP) is 4.80. The molecule has 2 aromatic rings. The Bertz CT molecular complexity index is 585. The van der Waals surface area contributed by atoms with E-state index in [1.165, 1.54) is 55.5 Å². The van der Waals surface area contributed by atoms with Gasteiger partial charge in [-0.25, -0.2) is 0 Å². The van der Waals surface area contributed by atoms with E-state index in [1.54, 1.807) is 0 Å². The highest BCUT2D eigenvalue weighted by atomic mass is 35.5. The average molecular weight is 314 g/mol. The lowest BCUT2D eigenvalue weighted by atomic mass is 9.81. The molecule has 1 unspecified atom stereocenters. The maximum atomic E-state index is 2.71. The van der Waals surface area contributed by atoms with Crippen LogP contribution < -0.4 is 0 Å². The molecule has 0 radical (unpaired) electrons. The third-order valence-electron chi connectivity index (χ3n) is 5.30. The maximum absolute atomic E-state index is 2.71. The summed E-state index contributed by atoms with van der Waals surface area (Å²) in [4.78, 5) is 2.71. The van der Waals surface area contributed by atoms with Gasteiger partial charge in [-0.05, 0) is 61.4 Å². The van der Waals surface area contributed by atoms with Crippen LogP contribution in [0.25, 0.3) is 11.1 Å². The van der Waals surface area contributed by atoms with E-state index >= 15 is 0 Å². The smallest absolute Gasteiger partial charge is 0.0138 e. The van der Waals surface area contributed by atoms with Crippen molar-refractivity contribution in [1.29, 1.82) is 0 Å². The van der Waals surface area contributed by atoms with Gasteiger partial charge in [0.15, 0.2) is 0 Å². The summed E-state index contributed by atoms with van der Waals surface area (Å²) in [5.41, 5.74) is 4.13. The Hall–Kier alpha value is -1.31. The van der Waals surface area contributed by atoms with Crippen LogP contribution in [-0.2, 0) is 6.42 Å². The normalized spacial score (nSPS) is 26.5. The van der Waals surface area contributed by atoms with Crippen molar-refractivity contribution in [3.8, 4) is 11.1 Å². The molecule has 0 saturated carbocycles. The van der Waals surface area contributed by atoms with E-state index in [4.69, 9.17) is 0 Å². The van der Waals surface area contributed by atoms with Gasteiger partial charge in [0, 0.05) is 6.04 Å². The lowest BCUT2D eigenvalue weighted by Gasteiger charge is -2.45. The number of nitrogens with zero attached hydrogens (tertiary/aromatic N) is 1. The molecule has 3 saturated heterocycles. The van der Waals surface area contributed by atoms with Gasteiger partial charge < -0.3 is 4.90 Å². The molecule has 3 heterocycles. The summed E-state index contributed by atoms with van der Waals surface area (Å²) in [5.74, 6) is 1.00. The quantitative estimate of drug-likeness (QED) is 0.786. The lowest BCUT2D eigenvalue weighted by molar-refractivity contribution is 0.0498. The molecule has 2 heteroatoms. The van der Waals surface area contributed by atoms with E-state index in [2.05, 4.69) is 59.5 Å². The average Bonchev–Trinajstić information content (AvgIpc) is 2.57. The van der Waals surface area contributed by atoms with Crippen LogP contribution in [0.4, 0.5) is 0 Å². The van der Waals surface area contributed by atoms with Crippen molar-refractivity contribution in [2.75, 3.05) is 13.1 Å². The predicted molar refractivity (Wildman–Crippen MR) is 95.5 cm³/mol. The van der Waals surface area contributed by atoms with Crippen molar-refractivity contribution in [2.24, 2.45) is 5.92 Å². The molecule has 22 heavy (non-hydrogen) atoms. The van der Waals surface area contributed by atoms with Crippen LogP contribution >= 0.6 is 12.4 Å². The standard InChI is InChI=1S/C20H23N.ClH/c1-2-4-18(5-3-1)19-8-6-16(7-9-19)14-20-15-17-10-12-21(20)13-11-17;/h1-9,17,20H,10-15H2;1H. The number of piperidine rings is 3. The molecule has 2 aromatic carbocycles. The molecule has 0 aromatic heterocycles. The zero-order valence-electron chi connectivity index (χ0n) is 12.9. The van der Waals surface area contributed by atoms with E-state index in [0.717, 1.165) is 12.0 Å². The zero-order valence-corrected chi connectivity index (χ0v) is 13.8. The first kappa shape index (κ1) is 15.6. The highest BCUT2D eigenvalue weighted by Gasteiger charge is 2.33. The van der Waals surface area contributed by atoms with Gasteiger partial charge in [0.25, 0.3) is 0 Å². The Balaban J connectivity index is 0.00000144. The molecule has 1 nitrogen and oxygen atoms in total. The fourth-order valence-corrected chi connectivity index (χ4v) is 4.04. The van der Waals surface area contributed by atoms with Gasteiger partial charge in [-0.15, -0.1) is 12.4 Å². The van der Waals surface area contributed by atoms with Gasteiger partial charge in [0.2, 0.25) is 0 Å². The first-order valence-corrected chi connectivity index (χ1v) is 8.27. The van der Waals surface area contributed by atoms with Gasteiger partial charge in [0.1, 0.15) is 0 Å². The summed E-state index contributed by atoms with van der Waals surface area (Å²) in [5, 5.41) is 0.